The average molecular weight is 295 g/mol. The molecular formula is C17H27ClN2. The Balaban J connectivity index is 2.01. The number of nitrogen functional groups attached to an aromatic ring is 1. The number of benzene rings is 1. The molecule has 0 radical (unpaired) electrons. The van der Waals surface area contributed by atoms with E-state index in [-0.39, 0.29) is 0 Å². The van der Waals surface area contributed by atoms with Crippen LogP contribution in [0.2, 0.25) is 5.02 Å². The molecule has 1 aliphatic heterocycles. The number of likely N-dealkylation sites (tertiary alicyclic amines) is 1. The highest BCUT2D eigenvalue weighted by Crippen LogP contribution is 2.35. The number of hydrogen-bond acceptors (Lipinski definition) is 2. The predicted molar refractivity (Wildman–Crippen MR) is 87.9 cm³/mol. The van der Waals surface area contributed by atoms with E-state index in [1.165, 1.54) is 19.3 Å². The van der Waals surface area contributed by atoms with Crippen LogP contribution in [0.15, 0.2) is 18.2 Å². The van der Waals surface area contributed by atoms with Crippen LogP contribution in [-0.4, -0.2) is 18.0 Å². The highest BCUT2D eigenvalue weighted by molar-refractivity contribution is 6.31. The Hall–Kier alpha value is -0.730. The van der Waals surface area contributed by atoms with Crippen molar-refractivity contribution in [2.75, 3.05) is 18.8 Å². The van der Waals surface area contributed by atoms with Crippen molar-refractivity contribution in [3.05, 3.63) is 28.8 Å². The van der Waals surface area contributed by atoms with E-state index < -0.39 is 0 Å². The lowest BCUT2D eigenvalue weighted by Crippen LogP contribution is -2.26. The molecule has 0 bridgehead atoms. The van der Waals surface area contributed by atoms with Crippen molar-refractivity contribution >= 4 is 17.3 Å². The summed E-state index contributed by atoms with van der Waals surface area (Å²) in [5, 5.41) is 0.793. The highest BCUT2D eigenvalue weighted by Gasteiger charge is 2.27. The maximum atomic E-state index is 6.28. The van der Waals surface area contributed by atoms with E-state index in [9.17, 15) is 0 Å². The molecule has 1 saturated heterocycles. The Bertz CT molecular complexity index is 431. The minimum atomic E-state index is 0.416. The summed E-state index contributed by atoms with van der Waals surface area (Å²) in [6, 6.07) is 5.79. The van der Waals surface area contributed by atoms with Gasteiger partial charge in [-0.15, -0.1) is 0 Å². The van der Waals surface area contributed by atoms with Gasteiger partial charge in [0.05, 0.1) is 0 Å². The number of rotatable bonds is 2. The number of hydrogen-bond donors (Lipinski definition) is 1. The molecule has 3 heteroatoms. The maximum Gasteiger partial charge on any atom is 0.0471 e. The summed E-state index contributed by atoms with van der Waals surface area (Å²) in [6.07, 6.45) is 3.87. The molecule has 2 nitrogen and oxygen atoms in total. The van der Waals surface area contributed by atoms with E-state index in [1.807, 2.05) is 18.2 Å². The molecule has 0 aliphatic carbocycles. The zero-order chi connectivity index (χ0) is 14.8. The summed E-state index contributed by atoms with van der Waals surface area (Å²) >= 11 is 6.28. The van der Waals surface area contributed by atoms with Gasteiger partial charge in [-0.25, -0.2) is 0 Å². The van der Waals surface area contributed by atoms with E-state index in [1.54, 1.807) is 0 Å². The van der Waals surface area contributed by atoms with Crippen molar-refractivity contribution in [3.8, 4) is 0 Å². The van der Waals surface area contributed by atoms with Crippen LogP contribution in [0.5, 0.6) is 0 Å². The van der Waals surface area contributed by atoms with E-state index >= 15 is 0 Å². The fraction of sp³-hybridized carbons (Fsp3) is 0.647. The second kappa shape index (κ2) is 6.36. The topological polar surface area (TPSA) is 29.3 Å². The standard InChI is InChI=1S/C17H27ClN2/c1-17(2,3)13-6-5-10-20(11-9-13)12-14-15(18)7-4-8-16(14)19/h4,7-8,13H,5-6,9-12,19H2,1-3H3. The molecule has 1 unspecified atom stereocenters. The first-order chi connectivity index (χ1) is 9.38. The summed E-state index contributed by atoms with van der Waals surface area (Å²) in [7, 11) is 0. The quantitative estimate of drug-likeness (QED) is 0.810. The van der Waals surface area contributed by atoms with Gasteiger partial charge in [-0.2, -0.15) is 0 Å². The van der Waals surface area contributed by atoms with Gasteiger partial charge in [0.15, 0.2) is 0 Å². The Kier molecular flexibility index (Phi) is 4.98. The number of nitrogens with zero attached hydrogens (tertiary/aromatic N) is 1. The molecule has 1 atom stereocenters. The molecule has 2 N–H and O–H groups in total. The van der Waals surface area contributed by atoms with Crippen molar-refractivity contribution in [2.24, 2.45) is 11.3 Å². The van der Waals surface area contributed by atoms with Gasteiger partial charge < -0.3 is 5.73 Å². The SMILES string of the molecule is CC(C)(C)C1CCCN(Cc2c(N)cccc2Cl)CC1. The lowest BCUT2D eigenvalue weighted by molar-refractivity contribution is 0.206. The van der Waals surface area contributed by atoms with E-state index in [4.69, 9.17) is 17.3 Å². The third-order valence-corrected chi connectivity index (χ3v) is 4.94. The molecule has 1 heterocycles. The van der Waals surface area contributed by atoms with Crippen LogP contribution in [0.25, 0.3) is 0 Å². The van der Waals surface area contributed by atoms with Crippen molar-refractivity contribution in [1.82, 2.24) is 4.90 Å². The Morgan fingerprint density at radius 2 is 2.00 bits per heavy atom. The largest absolute Gasteiger partial charge is 0.398 e. The van der Waals surface area contributed by atoms with Gasteiger partial charge >= 0.3 is 0 Å². The fourth-order valence-corrected chi connectivity index (χ4v) is 3.39. The first-order valence-electron chi connectivity index (χ1n) is 7.63. The minimum Gasteiger partial charge on any atom is -0.398 e. The van der Waals surface area contributed by atoms with Gasteiger partial charge in [-0.05, 0) is 55.8 Å². The van der Waals surface area contributed by atoms with Crippen LogP contribution in [0.1, 0.15) is 45.6 Å². The second-order valence-corrected chi connectivity index (χ2v) is 7.48. The van der Waals surface area contributed by atoms with Crippen molar-refractivity contribution < 1.29 is 0 Å². The lowest BCUT2D eigenvalue weighted by Gasteiger charge is -2.30. The molecule has 2 rings (SSSR count). The summed E-state index contributed by atoms with van der Waals surface area (Å²) in [5.74, 6) is 0.816. The zero-order valence-electron chi connectivity index (χ0n) is 13.0. The van der Waals surface area contributed by atoms with Gasteiger partial charge in [-0.3, -0.25) is 4.90 Å². The number of nitrogens with two attached hydrogens (primary N) is 1. The molecule has 0 aromatic heterocycles. The average Bonchev–Trinajstić information content (AvgIpc) is 2.59. The Labute approximate surface area is 128 Å². The first kappa shape index (κ1) is 15.7. The van der Waals surface area contributed by atoms with Gasteiger partial charge in [0.1, 0.15) is 0 Å². The molecule has 1 aromatic rings. The van der Waals surface area contributed by atoms with Crippen LogP contribution in [0.4, 0.5) is 5.69 Å². The van der Waals surface area contributed by atoms with Gasteiger partial charge in [-0.1, -0.05) is 38.4 Å². The number of anilines is 1. The zero-order valence-corrected chi connectivity index (χ0v) is 13.7. The number of halogens is 1. The maximum absolute atomic E-state index is 6.28. The predicted octanol–water partition coefficient (Wildman–Crippen LogP) is 4.57. The molecule has 1 aliphatic rings. The highest BCUT2D eigenvalue weighted by atomic mass is 35.5. The third kappa shape index (κ3) is 3.89. The molecule has 112 valence electrons. The molecule has 0 spiro atoms. The van der Waals surface area contributed by atoms with E-state index in [0.29, 0.717) is 5.41 Å². The van der Waals surface area contributed by atoms with Gasteiger partial charge in [0.2, 0.25) is 0 Å². The molecule has 1 fully saturated rings. The molecule has 1 aromatic carbocycles. The van der Waals surface area contributed by atoms with Crippen molar-refractivity contribution in [2.45, 2.75) is 46.6 Å². The Morgan fingerprint density at radius 1 is 1.25 bits per heavy atom. The summed E-state index contributed by atoms with van der Waals surface area (Å²) in [5.41, 5.74) is 8.38. The van der Waals surface area contributed by atoms with Crippen LogP contribution < -0.4 is 5.73 Å². The van der Waals surface area contributed by atoms with Crippen LogP contribution >= 0.6 is 11.6 Å². The Morgan fingerprint density at radius 3 is 2.65 bits per heavy atom. The van der Waals surface area contributed by atoms with Gasteiger partial charge in [0.25, 0.3) is 0 Å². The van der Waals surface area contributed by atoms with Crippen molar-refractivity contribution in [1.29, 1.82) is 0 Å². The smallest absolute Gasteiger partial charge is 0.0471 e. The summed E-state index contributed by atoms with van der Waals surface area (Å²) < 4.78 is 0. The minimum absolute atomic E-state index is 0.416. The molecule has 20 heavy (non-hydrogen) atoms. The normalized spacial score (nSPS) is 21.7. The van der Waals surface area contributed by atoms with Crippen LogP contribution in [0, 0.1) is 11.3 Å². The molecule has 0 amide bonds. The van der Waals surface area contributed by atoms with E-state index in [2.05, 4.69) is 25.7 Å². The van der Waals surface area contributed by atoms with Crippen molar-refractivity contribution in [3.63, 3.8) is 0 Å². The molecular weight excluding hydrogens is 268 g/mol. The second-order valence-electron chi connectivity index (χ2n) is 7.08. The molecule has 0 saturated carbocycles. The van der Waals surface area contributed by atoms with E-state index in [0.717, 1.165) is 41.8 Å². The first-order valence-corrected chi connectivity index (χ1v) is 8.01. The lowest BCUT2D eigenvalue weighted by atomic mass is 9.77. The van der Waals surface area contributed by atoms with Gasteiger partial charge in [0, 0.05) is 22.8 Å². The summed E-state index contributed by atoms with van der Waals surface area (Å²) in [4.78, 5) is 2.50. The van der Waals surface area contributed by atoms with Crippen LogP contribution in [-0.2, 0) is 6.54 Å². The third-order valence-electron chi connectivity index (χ3n) is 4.58. The van der Waals surface area contributed by atoms with Crippen LogP contribution in [0.3, 0.4) is 0 Å². The summed E-state index contributed by atoms with van der Waals surface area (Å²) in [6.45, 7) is 10.3. The monoisotopic (exact) mass is 294 g/mol. The fourth-order valence-electron chi connectivity index (χ4n) is 3.15.